The number of para-hydroxylation sites is 2. The largest absolute Gasteiger partial charge is 0.497 e. The third-order valence-corrected chi connectivity index (χ3v) is 6.81. The Morgan fingerprint density at radius 3 is 2.62 bits per heavy atom. The standard InChI is InChI=1S/C24H22N2O2S/c1-28-17-10-8-15(9-11-17)16-13-20-23(21(27)14-16)24(22-7-4-12-29-22)26-19-6-3-2-5-18(19)25-20/h2-12,16,23-24,26H,13-14H2,1H3. The normalized spacial score (nSPS) is 23.3. The van der Waals surface area contributed by atoms with Crippen molar-refractivity contribution in [3.05, 3.63) is 76.5 Å². The number of fused-ring (bicyclic) bond motifs is 2. The predicted molar refractivity (Wildman–Crippen MR) is 118 cm³/mol. The van der Waals surface area contributed by atoms with Gasteiger partial charge < -0.3 is 10.1 Å². The molecule has 0 bridgehead atoms. The molecule has 0 spiro atoms. The number of hydrogen-bond donors (Lipinski definition) is 1. The number of rotatable bonds is 3. The fourth-order valence-corrected chi connectivity index (χ4v) is 5.23. The Bertz CT molecular complexity index is 1060. The first-order valence-corrected chi connectivity index (χ1v) is 10.7. The van der Waals surface area contributed by atoms with E-state index < -0.39 is 0 Å². The molecule has 0 amide bonds. The zero-order valence-corrected chi connectivity index (χ0v) is 17.0. The summed E-state index contributed by atoms with van der Waals surface area (Å²) in [7, 11) is 1.67. The number of nitrogens with zero attached hydrogens (tertiary/aromatic N) is 1. The molecule has 0 saturated heterocycles. The summed E-state index contributed by atoms with van der Waals surface area (Å²) in [6.07, 6.45) is 1.33. The molecule has 5 rings (SSSR count). The van der Waals surface area contributed by atoms with Crippen molar-refractivity contribution in [2.24, 2.45) is 10.9 Å². The van der Waals surface area contributed by atoms with E-state index >= 15 is 0 Å². The van der Waals surface area contributed by atoms with Crippen LogP contribution in [0.2, 0.25) is 0 Å². The number of carbonyl (C=O) groups excluding carboxylic acids is 1. The zero-order valence-electron chi connectivity index (χ0n) is 16.2. The van der Waals surface area contributed by atoms with Crippen molar-refractivity contribution in [1.29, 1.82) is 0 Å². The van der Waals surface area contributed by atoms with Gasteiger partial charge in [0, 0.05) is 17.0 Å². The lowest BCUT2D eigenvalue weighted by atomic mass is 9.73. The highest BCUT2D eigenvalue weighted by molar-refractivity contribution is 7.10. The van der Waals surface area contributed by atoms with Gasteiger partial charge in [-0.2, -0.15) is 0 Å². The molecule has 2 aliphatic rings. The highest BCUT2D eigenvalue weighted by atomic mass is 32.1. The quantitative estimate of drug-likeness (QED) is 0.606. The van der Waals surface area contributed by atoms with E-state index in [9.17, 15) is 4.79 Å². The van der Waals surface area contributed by atoms with Crippen LogP contribution in [0.1, 0.15) is 35.2 Å². The molecule has 1 aliphatic heterocycles. The van der Waals surface area contributed by atoms with Gasteiger partial charge in [0.25, 0.3) is 0 Å². The molecule has 2 heterocycles. The molecule has 1 aromatic heterocycles. The lowest BCUT2D eigenvalue weighted by Crippen LogP contribution is -2.38. The molecule has 1 fully saturated rings. The van der Waals surface area contributed by atoms with Gasteiger partial charge in [0.2, 0.25) is 0 Å². The Morgan fingerprint density at radius 1 is 1.03 bits per heavy atom. The number of Topliss-reactive ketones (excluding diaryl/α,β-unsaturated/α-hetero) is 1. The molecular weight excluding hydrogens is 380 g/mol. The summed E-state index contributed by atoms with van der Waals surface area (Å²) >= 11 is 1.69. The Morgan fingerprint density at radius 2 is 1.86 bits per heavy atom. The van der Waals surface area contributed by atoms with Gasteiger partial charge in [-0.1, -0.05) is 30.3 Å². The molecule has 4 nitrogen and oxygen atoms in total. The summed E-state index contributed by atoms with van der Waals surface area (Å²) in [5, 5.41) is 5.69. The molecule has 2 aromatic carbocycles. The minimum atomic E-state index is -0.226. The third kappa shape index (κ3) is 3.36. The lowest BCUT2D eigenvalue weighted by Gasteiger charge is -2.33. The van der Waals surface area contributed by atoms with Gasteiger partial charge in [-0.25, -0.2) is 0 Å². The fourth-order valence-electron chi connectivity index (χ4n) is 4.41. The van der Waals surface area contributed by atoms with Gasteiger partial charge in [-0.15, -0.1) is 11.3 Å². The van der Waals surface area contributed by atoms with Crippen LogP contribution in [0, 0.1) is 5.92 Å². The smallest absolute Gasteiger partial charge is 0.144 e. The molecule has 1 N–H and O–H groups in total. The lowest BCUT2D eigenvalue weighted by molar-refractivity contribution is -0.122. The van der Waals surface area contributed by atoms with Crippen molar-refractivity contribution < 1.29 is 9.53 Å². The molecule has 5 heteroatoms. The first kappa shape index (κ1) is 18.1. The molecule has 0 radical (unpaired) electrons. The Kier molecular flexibility index (Phi) is 4.68. The van der Waals surface area contributed by atoms with Crippen LogP contribution in [0.25, 0.3) is 0 Å². The average Bonchev–Trinajstić information content (AvgIpc) is 3.22. The number of ether oxygens (including phenoxy) is 1. The van der Waals surface area contributed by atoms with Gasteiger partial charge in [0.15, 0.2) is 0 Å². The van der Waals surface area contributed by atoms with Crippen LogP contribution < -0.4 is 10.1 Å². The summed E-state index contributed by atoms with van der Waals surface area (Å²) in [6.45, 7) is 0. The maximum absolute atomic E-state index is 13.4. The number of benzene rings is 2. The molecule has 1 aliphatic carbocycles. The number of methoxy groups -OCH3 is 1. The molecule has 146 valence electrons. The minimum Gasteiger partial charge on any atom is -0.497 e. The van der Waals surface area contributed by atoms with Crippen molar-refractivity contribution in [2.75, 3.05) is 12.4 Å². The van der Waals surface area contributed by atoms with Crippen LogP contribution in [0.15, 0.2) is 71.0 Å². The molecule has 3 unspecified atom stereocenters. The SMILES string of the molecule is COc1ccc(C2CC(=O)C3C(=Nc4ccccc4NC3c3cccs3)C2)cc1. The number of nitrogens with one attached hydrogen (secondary N) is 1. The molecule has 1 saturated carbocycles. The van der Waals surface area contributed by atoms with Crippen LogP contribution in [0.4, 0.5) is 11.4 Å². The molecule has 29 heavy (non-hydrogen) atoms. The summed E-state index contributed by atoms with van der Waals surface area (Å²) in [5.74, 6) is 1.01. The van der Waals surface area contributed by atoms with Crippen LogP contribution in [-0.4, -0.2) is 18.6 Å². The van der Waals surface area contributed by atoms with E-state index in [-0.39, 0.29) is 23.7 Å². The van der Waals surface area contributed by atoms with Gasteiger partial charge in [0.05, 0.1) is 30.4 Å². The predicted octanol–water partition coefficient (Wildman–Crippen LogP) is 5.76. The topological polar surface area (TPSA) is 50.7 Å². The average molecular weight is 403 g/mol. The van der Waals surface area contributed by atoms with Gasteiger partial charge in [-0.3, -0.25) is 9.79 Å². The number of aliphatic imine (C=N–C) groups is 1. The van der Waals surface area contributed by atoms with Gasteiger partial charge >= 0.3 is 0 Å². The Balaban J connectivity index is 1.55. The maximum atomic E-state index is 13.4. The summed E-state index contributed by atoms with van der Waals surface area (Å²) in [6, 6.07) is 20.2. The van der Waals surface area contributed by atoms with E-state index in [1.807, 2.05) is 42.5 Å². The van der Waals surface area contributed by atoms with Crippen molar-refractivity contribution in [1.82, 2.24) is 0 Å². The second kappa shape index (κ2) is 7.48. The van der Waals surface area contributed by atoms with Crippen LogP contribution in [-0.2, 0) is 4.79 Å². The van der Waals surface area contributed by atoms with E-state index in [1.165, 1.54) is 10.4 Å². The van der Waals surface area contributed by atoms with E-state index in [4.69, 9.17) is 9.73 Å². The summed E-state index contributed by atoms with van der Waals surface area (Å²) in [4.78, 5) is 19.6. The van der Waals surface area contributed by atoms with E-state index in [0.29, 0.717) is 6.42 Å². The van der Waals surface area contributed by atoms with Crippen LogP contribution in [0.3, 0.4) is 0 Å². The third-order valence-electron chi connectivity index (χ3n) is 5.86. The van der Waals surface area contributed by atoms with Crippen molar-refractivity contribution >= 4 is 34.2 Å². The highest BCUT2D eigenvalue weighted by Crippen LogP contribution is 2.44. The monoisotopic (exact) mass is 402 g/mol. The number of hydrogen-bond acceptors (Lipinski definition) is 5. The number of thiophene rings is 1. The van der Waals surface area contributed by atoms with Crippen molar-refractivity contribution in [3.8, 4) is 5.75 Å². The zero-order chi connectivity index (χ0) is 19.8. The first-order chi connectivity index (χ1) is 14.2. The van der Waals surface area contributed by atoms with E-state index in [0.717, 1.165) is 29.3 Å². The molecular formula is C24H22N2O2S. The second-order valence-corrected chi connectivity index (χ2v) is 8.56. The molecule has 3 atom stereocenters. The van der Waals surface area contributed by atoms with E-state index in [1.54, 1.807) is 18.4 Å². The molecule has 3 aromatic rings. The number of carbonyl (C=O) groups is 1. The van der Waals surface area contributed by atoms with Gasteiger partial charge in [-0.05, 0) is 53.6 Å². The summed E-state index contributed by atoms with van der Waals surface area (Å²) in [5.41, 5.74) is 4.05. The van der Waals surface area contributed by atoms with Crippen LogP contribution in [0.5, 0.6) is 5.75 Å². The summed E-state index contributed by atoms with van der Waals surface area (Å²) < 4.78 is 5.28. The van der Waals surface area contributed by atoms with Gasteiger partial charge in [0.1, 0.15) is 11.5 Å². The maximum Gasteiger partial charge on any atom is 0.144 e. The Hall–Kier alpha value is -2.92. The Labute approximate surface area is 174 Å². The minimum absolute atomic E-state index is 0.0679. The van der Waals surface area contributed by atoms with Crippen LogP contribution >= 0.6 is 11.3 Å². The number of anilines is 1. The highest BCUT2D eigenvalue weighted by Gasteiger charge is 2.41. The second-order valence-electron chi connectivity index (χ2n) is 7.58. The number of ketones is 1. The first-order valence-electron chi connectivity index (χ1n) is 9.86. The van der Waals surface area contributed by atoms with E-state index in [2.05, 4.69) is 28.9 Å². The fraction of sp³-hybridized carbons (Fsp3) is 0.250. The van der Waals surface area contributed by atoms with Crippen molar-refractivity contribution in [3.63, 3.8) is 0 Å². The van der Waals surface area contributed by atoms with Crippen molar-refractivity contribution in [2.45, 2.75) is 24.8 Å².